The van der Waals surface area contributed by atoms with E-state index in [0.717, 1.165) is 17.2 Å². The van der Waals surface area contributed by atoms with E-state index in [-0.39, 0.29) is 23.3 Å². The van der Waals surface area contributed by atoms with Crippen LogP contribution in [-0.2, 0) is 17.6 Å². The van der Waals surface area contributed by atoms with E-state index >= 15 is 0 Å². The molecule has 0 atom stereocenters. The number of ether oxygens (including phenoxy) is 1. The predicted molar refractivity (Wildman–Crippen MR) is 86.3 cm³/mol. The maximum absolute atomic E-state index is 12.6. The largest absolute Gasteiger partial charge is 0.487 e. The molecule has 134 valence electrons. The minimum absolute atomic E-state index is 0.0445. The molecular formula is C17H15ClF3NO3. The minimum Gasteiger partial charge on any atom is -0.487 e. The van der Waals surface area contributed by atoms with Crippen LogP contribution in [0.25, 0.3) is 0 Å². The number of halogens is 4. The Bertz CT molecular complexity index is 765. The van der Waals surface area contributed by atoms with Crippen molar-refractivity contribution in [1.82, 2.24) is 5.06 Å². The summed E-state index contributed by atoms with van der Waals surface area (Å²) in [5, 5.41) is 0.938. The Morgan fingerprint density at radius 2 is 1.92 bits per heavy atom. The maximum atomic E-state index is 12.6. The molecule has 0 saturated carbocycles. The monoisotopic (exact) mass is 373 g/mol. The number of amides is 1. The molecule has 0 aliphatic heterocycles. The molecule has 8 heteroatoms. The number of hydrogen-bond acceptors (Lipinski definition) is 3. The summed E-state index contributed by atoms with van der Waals surface area (Å²) in [6.45, 7) is 0.0445. The van der Waals surface area contributed by atoms with E-state index in [1.165, 1.54) is 20.2 Å². The zero-order valence-electron chi connectivity index (χ0n) is 13.4. The fourth-order valence-electron chi connectivity index (χ4n) is 2.01. The first-order valence-corrected chi connectivity index (χ1v) is 7.51. The molecule has 2 aromatic rings. The van der Waals surface area contributed by atoms with E-state index in [9.17, 15) is 18.0 Å². The summed E-state index contributed by atoms with van der Waals surface area (Å²) in [5.74, 6) is -0.211. The van der Waals surface area contributed by atoms with Crippen molar-refractivity contribution in [1.29, 1.82) is 0 Å². The molecule has 0 aromatic heterocycles. The quantitative estimate of drug-likeness (QED) is 0.720. The first-order valence-electron chi connectivity index (χ1n) is 7.13. The third kappa shape index (κ3) is 4.87. The first-order chi connectivity index (χ1) is 11.7. The highest BCUT2D eigenvalue weighted by atomic mass is 35.5. The van der Waals surface area contributed by atoms with Gasteiger partial charge in [-0.1, -0.05) is 23.7 Å². The molecule has 0 aliphatic rings. The topological polar surface area (TPSA) is 38.8 Å². The molecule has 4 nitrogen and oxygen atoms in total. The van der Waals surface area contributed by atoms with Crippen molar-refractivity contribution in [3.63, 3.8) is 0 Å². The fourth-order valence-corrected chi connectivity index (χ4v) is 2.25. The van der Waals surface area contributed by atoms with Crippen molar-refractivity contribution >= 4 is 17.5 Å². The summed E-state index contributed by atoms with van der Waals surface area (Å²) in [5.41, 5.74) is 0.204. The first kappa shape index (κ1) is 19.1. The summed E-state index contributed by atoms with van der Waals surface area (Å²) in [6, 6.07) is 9.49. The van der Waals surface area contributed by atoms with Crippen molar-refractivity contribution < 1.29 is 27.5 Å². The minimum atomic E-state index is -4.47. The molecule has 0 spiro atoms. The van der Waals surface area contributed by atoms with Gasteiger partial charge in [0.1, 0.15) is 12.4 Å². The number of nitrogens with zero attached hydrogens (tertiary/aromatic N) is 1. The lowest BCUT2D eigenvalue weighted by atomic mass is 10.1. The molecule has 2 rings (SSSR count). The Hall–Kier alpha value is -2.25. The van der Waals surface area contributed by atoms with Crippen LogP contribution in [0.15, 0.2) is 42.5 Å². The molecule has 1 amide bonds. The molecule has 0 N–H and O–H groups in total. The molecule has 2 aromatic carbocycles. The number of hydrogen-bond donors (Lipinski definition) is 0. The zero-order chi connectivity index (χ0) is 18.6. The van der Waals surface area contributed by atoms with E-state index in [4.69, 9.17) is 21.2 Å². The highest BCUT2D eigenvalue weighted by Crippen LogP contribution is 2.34. The van der Waals surface area contributed by atoms with E-state index in [2.05, 4.69) is 0 Å². The van der Waals surface area contributed by atoms with Gasteiger partial charge in [-0.05, 0) is 35.9 Å². The van der Waals surface area contributed by atoms with Gasteiger partial charge in [-0.3, -0.25) is 9.63 Å². The van der Waals surface area contributed by atoms with Gasteiger partial charge in [0.05, 0.1) is 17.7 Å². The third-order valence-electron chi connectivity index (χ3n) is 3.39. The van der Waals surface area contributed by atoms with E-state index in [1.807, 2.05) is 0 Å². The van der Waals surface area contributed by atoms with Gasteiger partial charge >= 0.3 is 6.18 Å². The van der Waals surface area contributed by atoms with Crippen molar-refractivity contribution in [2.45, 2.75) is 12.8 Å². The van der Waals surface area contributed by atoms with Crippen LogP contribution in [0.3, 0.4) is 0 Å². The predicted octanol–water partition coefficient (Wildman–Crippen LogP) is 4.57. The lowest BCUT2D eigenvalue weighted by molar-refractivity contribution is -0.137. The molecule has 0 aliphatic carbocycles. The fraction of sp³-hybridized carbons (Fsp3) is 0.235. The molecule has 0 bridgehead atoms. The molecule has 0 fully saturated rings. The van der Waals surface area contributed by atoms with Crippen LogP contribution < -0.4 is 4.74 Å². The second-order valence-corrected chi connectivity index (χ2v) is 5.52. The summed E-state index contributed by atoms with van der Waals surface area (Å²) in [6.07, 6.45) is -4.47. The lowest BCUT2D eigenvalue weighted by Crippen LogP contribution is -2.25. The maximum Gasteiger partial charge on any atom is 0.416 e. The summed E-state index contributed by atoms with van der Waals surface area (Å²) < 4.78 is 43.3. The van der Waals surface area contributed by atoms with Gasteiger partial charge in [0.2, 0.25) is 0 Å². The number of rotatable bonds is 5. The second kappa shape index (κ2) is 7.76. The van der Waals surface area contributed by atoms with Crippen molar-refractivity contribution in [2.24, 2.45) is 0 Å². The Morgan fingerprint density at radius 1 is 1.20 bits per heavy atom. The molecule has 0 heterocycles. The second-order valence-electron chi connectivity index (χ2n) is 5.12. The number of hydroxylamine groups is 2. The zero-order valence-corrected chi connectivity index (χ0v) is 14.2. The smallest absolute Gasteiger partial charge is 0.416 e. The van der Waals surface area contributed by atoms with Crippen LogP contribution >= 0.6 is 11.6 Å². The molecular weight excluding hydrogens is 359 g/mol. The van der Waals surface area contributed by atoms with Gasteiger partial charge in [-0.25, -0.2) is 5.06 Å². The van der Waals surface area contributed by atoms with Crippen LogP contribution in [0.2, 0.25) is 5.02 Å². The van der Waals surface area contributed by atoms with Crippen LogP contribution in [0.1, 0.15) is 21.5 Å². The Balaban J connectivity index is 2.10. The van der Waals surface area contributed by atoms with E-state index in [0.29, 0.717) is 11.1 Å². The van der Waals surface area contributed by atoms with Gasteiger partial charge in [-0.2, -0.15) is 13.2 Å². The highest BCUT2D eigenvalue weighted by Gasteiger charge is 2.31. The normalized spacial score (nSPS) is 11.3. The lowest BCUT2D eigenvalue weighted by Gasteiger charge is -2.14. The van der Waals surface area contributed by atoms with Crippen LogP contribution in [0, 0.1) is 0 Å². The Labute approximate surface area is 147 Å². The summed E-state index contributed by atoms with van der Waals surface area (Å²) in [7, 11) is 2.85. The number of alkyl halides is 3. The van der Waals surface area contributed by atoms with Crippen molar-refractivity contribution in [3.05, 3.63) is 64.2 Å². The van der Waals surface area contributed by atoms with Crippen LogP contribution in [-0.4, -0.2) is 25.1 Å². The van der Waals surface area contributed by atoms with Crippen molar-refractivity contribution in [3.8, 4) is 5.75 Å². The van der Waals surface area contributed by atoms with E-state index < -0.39 is 11.7 Å². The summed E-state index contributed by atoms with van der Waals surface area (Å²) >= 11 is 5.84. The third-order valence-corrected chi connectivity index (χ3v) is 3.68. The number of benzene rings is 2. The Morgan fingerprint density at radius 3 is 2.52 bits per heavy atom. The SMILES string of the molecule is CON(C)C(=O)c1cccc(COc2ccc(C(F)(F)F)cc2Cl)c1. The molecule has 25 heavy (non-hydrogen) atoms. The van der Waals surface area contributed by atoms with Crippen LogP contribution in [0.4, 0.5) is 13.2 Å². The van der Waals surface area contributed by atoms with Gasteiger partial charge in [-0.15, -0.1) is 0 Å². The Kier molecular flexibility index (Phi) is 5.92. The number of carbonyl (C=O) groups is 1. The molecule has 0 unspecified atom stereocenters. The number of carbonyl (C=O) groups excluding carboxylic acids is 1. The average molecular weight is 374 g/mol. The van der Waals surface area contributed by atoms with Gasteiger partial charge in [0.25, 0.3) is 5.91 Å². The molecule has 0 radical (unpaired) electrons. The van der Waals surface area contributed by atoms with Gasteiger partial charge in [0.15, 0.2) is 0 Å². The summed E-state index contributed by atoms with van der Waals surface area (Å²) in [4.78, 5) is 16.9. The van der Waals surface area contributed by atoms with Gasteiger partial charge < -0.3 is 4.74 Å². The van der Waals surface area contributed by atoms with Crippen molar-refractivity contribution in [2.75, 3.05) is 14.2 Å². The average Bonchev–Trinajstić information content (AvgIpc) is 2.58. The molecule has 0 saturated heterocycles. The highest BCUT2D eigenvalue weighted by molar-refractivity contribution is 6.32. The van der Waals surface area contributed by atoms with Crippen LogP contribution in [0.5, 0.6) is 5.75 Å². The van der Waals surface area contributed by atoms with E-state index in [1.54, 1.807) is 24.3 Å². The van der Waals surface area contributed by atoms with Gasteiger partial charge in [0, 0.05) is 12.6 Å². The standard InChI is InChI=1S/C17H15ClF3NO3/c1-22(24-2)16(23)12-5-3-4-11(8-12)10-25-15-7-6-13(9-14(15)18)17(19,20)21/h3-9H,10H2,1-2H3.